The Hall–Kier alpha value is -2.82. The molecule has 1 N–H and O–H groups in total. The standard InChI is InChI=1S/C19H21N3O6S/c1-13-11-21(12-14(2)28-13)29(26,27)18-9-3-15(4-10-18)19(23)20-16-5-7-17(8-6-16)22(24)25/h3-10,13-14H,11-12H2,1-2H3,(H,20,23)/t13-,14-/m1/s1. The summed E-state index contributed by atoms with van der Waals surface area (Å²) >= 11 is 0. The lowest BCUT2D eigenvalue weighted by Crippen LogP contribution is -2.48. The molecule has 2 aromatic carbocycles. The third kappa shape index (κ3) is 4.78. The van der Waals surface area contributed by atoms with E-state index in [2.05, 4.69) is 5.32 Å². The van der Waals surface area contributed by atoms with Crippen molar-refractivity contribution in [2.75, 3.05) is 18.4 Å². The number of carbonyl (C=O) groups is 1. The molecule has 0 bridgehead atoms. The number of nitrogens with one attached hydrogen (secondary N) is 1. The number of non-ortho nitro benzene ring substituents is 1. The fraction of sp³-hybridized carbons (Fsp3) is 0.316. The lowest BCUT2D eigenvalue weighted by Gasteiger charge is -2.34. The molecule has 154 valence electrons. The van der Waals surface area contributed by atoms with Crippen molar-refractivity contribution in [3.8, 4) is 0 Å². The maximum atomic E-state index is 12.9. The van der Waals surface area contributed by atoms with Gasteiger partial charge in [0.1, 0.15) is 0 Å². The molecule has 2 atom stereocenters. The molecule has 1 fully saturated rings. The average molecular weight is 419 g/mol. The highest BCUT2D eigenvalue weighted by atomic mass is 32.2. The van der Waals surface area contributed by atoms with E-state index in [9.17, 15) is 23.3 Å². The minimum absolute atomic E-state index is 0.0793. The van der Waals surface area contributed by atoms with E-state index < -0.39 is 20.9 Å². The topological polar surface area (TPSA) is 119 Å². The Morgan fingerprint density at radius 1 is 1.07 bits per heavy atom. The van der Waals surface area contributed by atoms with Gasteiger partial charge in [0.05, 0.1) is 22.0 Å². The highest BCUT2D eigenvalue weighted by molar-refractivity contribution is 7.89. The van der Waals surface area contributed by atoms with Crippen LogP contribution in [-0.2, 0) is 14.8 Å². The fourth-order valence-corrected chi connectivity index (χ4v) is 4.71. The number of carbonyl (C=O) groups excluding carboxylic acids is 1. The van der Waals surface area contributed by atoms with Crippen LogP contribution in [0.5, 0.6) is 0 Å². The summed E-state index contributed by atoms with van der Waals surface area (Å²) in [7, 11) is -3.68. The number of sulfonamides is 1. The average Bonchev–Trinajstić information content (AvgIpc) is 2.67. The van der Waals surface area contributed by atoms with Gasteiger partial charge < -0.3 is 10.1 Å². The molecule has 2 aromatic rings. The van der Waals surface area contributed by atoms with Crippen molar-refractivity contribution < 1.29 is 22.9 Å². The third-order valence-corrected chi connectivity index (χ3v) is 6.32. The van der Waals surface area contributed by atoms with Crippen LogP contribution in [0.3, 0.4) is 0 Å². The Bertz CT molecular complexity index is 995. The Labute approximate surface area is 168 Å². The van der Waals surface area contributed by atoms with Crippen LogP contribution in [0.15, 0.2) is 53.4 Å². The molecule has 0 spiro atoms. The summed E-state index contributed by atoms with van der Waals surface area (Å²) in [6.45, 7) is 4.19. The van der Waals surface area contributed by atoms with Crippen LogP contribution in [-0.4, -0.2) is 48.9 Å². The van der Waals surface area contributed by atoms with Crippen molar-refractivity contribution in [3.05, 3.63) is 64.2 Å². The molecular weight excluding hydrogens is 398 g/mol. The summed E-state index contributed by atoms with van der Waals surface area (Å²) in [6.07, 6.45) is -0.388. The summed E-state index contributed by atoms with van der Waals surface area (Å²) in [5.41, 5.74) is 0.587. The lowest BCUT2D eigenvalue weighted by molar-refractivity contribution is -0.384. The minimum Gasteiger partial charge on any atom is -0.373 e. The minimum atomic E-state index is -3.68. The summed E-state index contributed by atoms with van der Waals surface area (Å²) < 4.78 is 32.7. The van der Waals surface area contributed by atoms with E-state index in [1.807, 2.05) is 13.8 Å². The van der Waals surface area contributed by atoms with Gasteiger partial charge in [0.2, 0.25) is 10.0 Å². The van der Waals surface area contributed by atoms with Crippen molar-refractivity contribution in [1.29, 1.82) is 0 Å². The van der Waals surface area contributed by atoms with Crippen molar-refractivity contribution in [1.82, 2.24) is 4.31 Å². The smallest absolute Gasteiger partial charge is 0.269 e. The first-order chi connectivity index (χ1) is 13.7. The van der Waals surface area contributed by atoms with Crippen LogP contribution < -0.4 is 5.32 Å². The van der Waals surface area contributed by atoms with Crippen LogP contribution in [0.1, 0.15) is 24.2 Å². The first-order valence-corrected chi connectivity index (χ1v) is 10.4. The van der Waals surface area contributed by atoms with Gasteiger partial charge in [-0.15, -0.1) is 0 Å². The van der Waals surface area contributed by atoms with Crippen LogP contribution in [0, 0.1) is 10.1 Å². The molecule has 0 aliphatic carbocycles. The van der Waals surface area contributed by atoms with Crippen molar-refractivity contribution in [2.45, 2.75) is 31.0 Å². The maximum absolute atomic E-state index is 12.9. The number of morpholine rings is 1. The van der Waals surface area contributed by atoms with E-state index in [-0.39, 0.29) is 41.4 Å². The van der Waals surface area contributed by atoms with Gasteiger partial charge in [-0.3, -0.25) is 14.9 Å². The van der Waals surface area contributed by atoms with Crippen molar-refractivity contribution >= 4 is 27.3 Å². The maximum Gasteiger partial charge on any atom is 0.269 e. The number of amides is 1. The van der Waals surface area contributed by atoms with Gasteiger partial charge in [0.25, 0.3) is 11.6 Å². The first-order valence-electron chi connectivity index (χ1n) is 8.98. The molecule has 29 heavy (non-hydrogen) atoms. The van der Waals surface area contributed by atoms with Crippen molar-refractivity contribution in [3.63, 3.8) is 0 Å². The number of nitro benzene ring substituents is 1. The van der Waals surface area contributed by atoms with E-state index >= 15 is 0 Å². The molecule has 9 nitrogen and oxygen atoms in total. The van der Waals surface area contributed by atoms with E-state index in [1.54, 1.807) is 0 Å². The predicted octanol–water partition coefficient (Wildman–Crippen LogP) is 2.65. The van der Waals surface area contributed by atoms with Crippen LogP contribution in [0.4, 0.5) is 11.4 Å². The molecular formula is C19H21N3O6S. The van der Waals surface area contributed by atoms with Gasteiger partial charge in [-0.2, -0.15) is 4.31 Å². The molecule has 1 heterocycles. The largest absolute Gasteiger partial charge is 0.373 e. The Kier molecular flexibility index (Phi) is 5.96. The molecule has 0 unspecified atom stereocenters. The number of benzene rings is 2. The second-order valence-corrected chi connectivity index (χ2v) is 8.80. The van der Waals surface area contributed by atoms with Crippen LogP contribution in [0.2, 0.25) is 0 Å². The van der Waals surface area contributed by atoms with Crippen LogP contribution >= 0.6 is 0 Å². The third-order valence-electron chi connectivity index (χ3n) is 4.48. The zero-order valence-electron chi connectivity index (χ0n) is 15.9. The number of nitro groups is 1. The highest BCUT2D eigenvalue weighted by Crippen LogP contribution is 2.22. The first kappa shape index (κ1) is 20.9. The van der Waals surface area contributed by atoms with Gasteiger partial charge in [0, 0.05) is 36.5 Å². The summed E-state index contributed by atoms with van der Waals surface area (Å²) in [5.74, 6) is -0.448. The highest BCUT2D eigenvalue weighted by Gasteiger charge is 2.32. The Balaban J connectivity index is 1.72. The van der Waals surface area contributed by atoms with Crippen molar-refractivity contribution in [2.24, 2.45) is 0 Å². The molecule has 0 aromatic heterocycles. The second-order valence-electron chi connectivity index (χ2n) is 6.86. The zero-order valence-corrected chi connectivity index (χ0v) is 16.8. The van der Waals surface area contributed by atoms with E-state index in [0.29, 0.717) is 5.69 Å². The number of ether oxygens (including phenoxy) is 1. The predicted molar refractivity (Wildman–Crippen MR) is 106 cm³/mol. The van der Waals surface area contributed by atoms with Gasteiger partial charge in [-0.25, -0.2) is 8.42 Å². The molecule has 1 saturated heterocycles. The lowest BCUT2D eigenvalue weighted by atomic mass is 10.2. The quantitative estimate of drug-likeness (QED) is 0.588. The molecule has 3 rings (SSSR count). The van der Waals surface area contributed by atoms with Gasteiger partial charge in [-0.05, 0) is 50.2 Å². The summed E-state index contributed by atoms with van der Waals surface area (Å²) in [6, 6.07) is 11.1. The number of rotatable bonds is 5. The van der Waals surface area contributed by atoms with Gasteiger partial charge >= 0.3 is 0 Å². The molecule has 0 radical (unpaired) electrons. The number of nitrogens with zero attached hydrogens (tertiary/aromatic N) is 2. The number of hydrogen-bond donors (Lipinski definition) is 1. The molecule has 1 aliphatic rings. The second kappa shape index (κ2) is 8.27. The Morgan fingerprint density at radius 2 is 1.62 bits per heavy atom. The normalized spacial score (nSPS) is 20.2. The summed E-state index contributed by atoms with van der Waals surface area (Å²) in [5, 5.41) is 13.3. The van der Waals surface area contributed by atoms with E-state index in [1.165, 1.54) is 52.8 Å². The zero-order chi connectivity index (χ0) is 21.2. The van der Waals surface area contributed by atoms with Crippen LogP contribution in [0.25, 0.3) is 0 Å². The summed E-state index contributed by atoms with van der Waals surface area (Å²) in [4.78, 5) is 22.6. The number of hydrogen-bond acceptors (Lipinski definition) is 6. The SMILES string of the molecule is C[C@@H]1CN(S(=O)(=O)c2ccc(C(=O)Nc3ccc([N+](=O)[O-])cc3)cc2)C[C@@H](C)O1. The molecule has 10 heteroatoms. The fourth-order valence-electron chi connectivity index (χ4n) is 3.12. The van der Waals surface area contributed by atoms with E-state index in [4.69, 9.17) is 4.74 Å². The van der Waals surface area contributed by atoms with E-state index in [0.717, 1.165) is 0 Å². The molecule has 1 amide bonds. The Morgan fingerprint density at radius 3 is 2.14 bits per heavy atom. The molecule has 0 saturated carbocycles. The molecule has 1 aliphatic heterocycles. The van der Waals surface area contributed by atoms with Gasteiger partial charge in [0.15, 0.2) is 0 Å². The van der Waals surface area contributed by atoms with Gasteiger partial charge in [-0.1, -0.05) is 0 Å². The monoisotopic (exact) mass is 419 g/mol. The number of anilines is 1.